The van der Waals surface area contributed by atoms with Crippen molar-refractivity contribution in [3.63, 3.8) is 0 Å². The van der Waals surface area contributed by atoms with Crippen molar-refractivity contribution in [3.05, 3.63) is 18.6 Å². The lowest BCUT2D eigenvalue weighted by Gasteiger charge is -2.31. The number of hydrogen-bond donors (Lipinski definition) is 2. The quantitative estimate of drug-likeness (QED) is 0.830. The Balaban J connectivity index is 1.98. The molecular weight excluding hydrogens is 236 g/mol. The number of nitrogens with one attached hydrogen (secondary N) is 2. The molecule has 0 aromatic carbocycles. The maximum absolute atomic E-state index is 4.32. The molecule has 19 heavy (non-hydrogen) atoms. The standard InChI is InChI=1S/C15H24N4/c1-5-11(2)15(3,4)7-9-17-14-12-6-8-16-13(12)18-10-19-14/h6,8,10-11H,5,7,9H2,1-4H3,(H2,16,17,18,19)/t11-/m0/s1. The number of hydrogen-bond acceptors (Lipinski definition) is 3. The second-order valence-electron chi connectivity index (χ2n) is 5.94. The van der Waals surface area contributed by atoms with Gasteiger partial charge in [-0.1, -0.05) is 34.1 Å². The van der Waals surface area contributed by atoms with E-state index in [9.17, 15) is 0 Å². The first-order valence-corrected chi connectivity index (χ1v) is 7.06. The molecular formula is C15H24N4. The Hall–Kier alpha value is -1.58. The van der Waals surface area contributed by atoms with Crippen LogP contribution in [0.4, 0.5) is 5.82 Å². The molecule has 4 nitrogen and oxygen atoms in total. The number of nitrogens with zero attached hydrogens (tertiary/aromatic N) is 2. The van der Waals surface area contributed by atoms with Gasteiger partial charge in [0.2, 0.25) is 0 Å². The molecule has 0 aliphatic rings. The van der Waals surface area contributed by atoms with Crippen LogP contribution in [0, 0.1) is 11.3 Å². The number of H-pyrrole nitrogens is 1. The van der Waals surface area contributed by atoms with E-state index in [0.29, 0.717) is 5.41 Å². The monoisotopic (exact) mass is 260 g/mol. The van der Waals surface area contributed by atoms with E-state index < -0.39 is 0 Å². The van der Waals surface area contributed by atoms with Crippen LogP contribution in [-0.2, 0) is 0 Å². The van der Waals surface area contributed by atoms with E-state index in [0.717, 1.165) is 35.7 Å². The Morgan fingerprint density at radius 2 is 2.16 bits per heavy atom. The van der Waals surface area contributed by atoms with Crippen molar-refractivity contribution >= 4 is 16.9 Å². The third-order valence-corrected chi connectivity index (χ3v) is 4.36. The minimum atomic E-state index is 0.353. The van der Waals surface area contributed by atoms with Gasteiger partial charge < -0.3 is 10.3 Å². The Kier molecular flexibility index (Phi) is 4.08. The highest BCUT2D eigenvalue weighted by molar-refractivity contribution is 5.86. The fourth-order valence-corrected chi connectivity index (χ4v) is 2.32. The third kappa shape index (κ3) is 3.06. The molecule has 0 unspecified atom stereocenters. The van der Waals surface area contributed by atoms with E-state index in [1.807, 2.05) is 12.3 Å². The van der Waals surface area contributed by atoms with Gasteiger partial charge in [-0.05, 0) is 23.8 Å². The zero-order valence-electron chi connectivity index (χ0n) is 12.3. The van der Waals surface area contributed by atoms with E-state index in [-0.39, 0.29) is 0 Å². The molecule has 0 aliphatic heterocycles. The molecule has 0 fully saturated rings. The van der Waals surface area contributed by atoms with Gasteiger partial charge in [-0.3, -0.25) is 0 Å². The summed E-state index contributed by atoms with van der Waals surface area (Å²) in [4.78, 5) is 11.6. The molecule has 2 aromatic rings. The second-order valence-corrected chi connectivity index (χ2v) is 5.94. The number of anilines is 1. The van der Waals surface area contributed by atoms with Crippen LogP contribution in [0.2, 0.25) is 0 Å². The van der Waals surface area contributed by atoms with Gasteiger partial charge in [-0.25, -0.2) is 9.97 Å². The van der Waals surface area contributed by atoms with E-state index in [2.05, 4.69) is 48.0 Å². The first-order chi connectivity index (χ1) is 9.04. The number of aromatic amines is 1. The molecule has 0 bridgehead atoms. The highest BCUT2D eigenvalue weighted by atomic mass is 15.0. The molecule has 0 saturated carbocycles. The molecule has 2 N–H and O–H groups in total. The summed E-state index contributed by atoms with van der Waals surface area (Å²) in [6.07, 6.45) is 5.86. The number of aromatic nitrogens is 3. The van der Waals surface area contributed by atoms with E-state index >= 15 is 0 Å². The average Bonchev–Trinajstić information content (AvgIpc) is 2.86. The smallest absolute Gasteiger partial charge is 0.142 e. The van der Waals surface area contributed by atoms with Crippen LogP contribution in [0.15, 0.2) is 18.6 Å². The molecule has 0 amide bonds. The van der Waals surface area contributed by atoms with Crippen LogP contribution >= 0.6 is 0 Å². The molecule has 4 heteroatoms. The van der Waals surface area contributed by atoms with Gasteiger partial charge in [0.1, 0.15) is 17.8 Å². The van der Waals surface area contributed by atoms with Gasteiger partial charge in [0.05, 0.1) is 5.39 Å². The largest absolute Gasteiger partial charge is 0.369 e. The Morgan fingerprint density at radius 3 is 2.89 bits per heavy atom. The fourth-order valence-electron chi connectivity index (χ4n) is 2.32. The van der Waals surface area contributed by atoms with Crippen molar-refractivity contribution < 1.29 is 0 Å². The van der Waals surface area contributed by atoms with Crippen molar-refractivity contribution in [1.82, 2.24) is 15.0 Å². The predicted octanol–water partition coefficient (Wildman–Crippen LogP) is 3.83. The molecule has 0 spiro atoms. The van der Waals surface area contributed by atoms with Crippen LogP contribution < -0.4 is 5.32 Å². The molecule has 0 radical (unpaired) electrons. The van der Waals surface area contributed by atoms with Crippen molar-refractivity contribution in [2.24, 2.45) is 11.3 Å². The van der Waals surface area contributed by atoms with Crippen molar-refractivity contribution in [2.75, 3.05) is 11.9 Å². The SMILES string of the molecule is CC[C@H](C)C(C)(C)CCNc1ncnc2[nH]ccc12. The van der Waals surface area contributed by atoms with E-state index in [1.54, 1.807) is 6.33 Å². The normalized spacial score (nSPS) is 13.7. The summed E-state index contributed by atoms with van der Waals surface area (Å²) in [5, 5.41) is 4.50. The van der Waals surface area contributed by atoms with Crippen LogP contribution in [0.5, 0.6) is 0 Å². The van der Waals surface area contributed by atoms with Crippen molar-refractivity contribution in [2.45, 2.75) is 40.5 Å². The summed E-state index contributed by atoms with van der Waals surface area (Å²) in [7, 11) is 0. The maximum Gasteiger partial charge on any atom is 0.142 e. The molecule has 104 valence electrons. The fraction of sp³-hybridized carbons (Fsp3) is 0.600. The van der Waals surface area contributed by atoms with E-state index in [4.69, 9.17) is 0 Å². The molecule has 0 saturated heterocycles. The first kappa shape index (κ1) is 13.8. The summed E-state index contributed by atoms with van der Waals surface area (Å²) in [6, 6.07) is 2.01. The van der Waals surface area contributed by atoms with Crippen molar-refractivity contribution in [1.29, 1.82) is 0 Å². The molecule has 1 atom stereocenters. The van der Waals surface area contributed by atoms with Gasteiger partial charge in [0.15, 0.2) is 0 Å². The average molecular weight is 260 g/mol. The lowest BCUT2D eigenvalue weighted by atomic mass is 9.76. The van der Waals surface area contributed by atoms with Gasteiger partial charge >= 0.3 is 0 Å². The summed E-state index contributed by atoms with van der Waals surface area (Å²) in [5.74, 6) is 1.65. The molecule has 0 aliphatic carbocycles. The topological polar surface area (TPSA) is 53.6 Å². The lowest BCUT2D eigenvalue weighted by molar-refractivity contribution is 0.212. The van der Waals surface area contributed by atoms with Crippen LogP contribution in [-0.4, -0.2) is 21.5 Å². The van der Waals surface area contributed by atoms with Gasteiger partial charge in [-0.2, -0.15) is 0 Å². The molecule has 2 rings (SSSR count). The molecule has 2 aromatic heterocycles. The van der Waals surface area contributed by atoms with Crippen LogP contribution in [0.1, 0.15) is 40.5 Å². The Bertz CT molecular complexity index is 530. The summed E-state index contributed by atoms with van der Waals surface area (Å²) >= 11 is 0. The van der Waals surface area contributed by atoms with Gasteiger partial charge in [0.25, 0.3) is 0 Å². The van der Waals surface area contributed by atoms with Gasteiger partial charge in [0, 0.05) is 12.7 Å². The summed E-state index contributed by atoms with van der Waals surface area (Å²) in [6.45, 7) is 10.2. The first-order valence-electron chi connectivity index (χ1n) is 7.06. The second kappa shape index (κ2) is 5.59. The van der Waals surface area contributed by atoms with Crippen molar-refractivity contribution in [3.8, 4) is 0 Å². The number of fused-ring (bicyclic) bond motifs is 1. The minimum Gasteiger partial charge on any atom is -0.369 e. The summed E-state index contributed by atoms with van der Waals surface area (Å²) in [5.41, 5.74) is 1.24. The Labute approximate surface area is 115 Å². The Morgan fingerprint density at radius 1 is 1.37 bits per heavy atom. The van der Waals surface area contributed by atoms with Crippen LogP contribution in [0.25, 0.3) is 11.0 Å². The summed E-state index contributed by atoms with van der Waals surface area (Å²) < 4.78 is 0. The van der Waals surface area contributed by atoms with E-state index in [1.165, 1.54) is 6.42 Å². The predicted molar refractivity (Wildman–Crippen MR) is 80.2 cm³/mol. The minimum absolute atomic E-state index is 0.353. The zero-order valence-corrected chi connectivity index (χ0v) is 12.3. The maximum atomic E-state index is 4.32. The number of rotatable bonds is 6. The zero-order chi connectivity index (χ0) is 13.9. The highest BCUT2D eigenvalue weighted by Gasteiger charge is 2.23. The molecule has 2 heterocycles. The lowest BCUT2D eigenvalue weighted by Crippen LogP contribution is -2.24. The highest BCUT2D eigenvalue weighted by Crippen LogP contribution is 2.32. The third-order valence-electron chi connectivity index (χ3n) is 4.36. The van der Waals surface area contributed by atoms with Crippen LogP contribution in [0.3, 0.4) is 0 Å². The van der Waals surface area contributed by atoms with Gasteiger partial charge in [-0.15, -0.1) is 0 Å².